The van der Waals surface area contributed by atoms with Crippen molar-refractivity contribution in [3.05, 3.63) is 35.6 Å². The second-order valence-electron chi connectivity index (χ2n) is 5.12. The van der Waals surface area contributed by atoms with Crippen LogP contribution in [-0.4, -0.2) is 24.8 Å². The zero-order valence-corrected chi connectivity index (χ0v) is 11.4. The van der Waals surface area contributed by atoms with Crippen molar-refractivity contribution in [2.75, 3.05) is 6.26 Å². The number of benzene rings is 1. The number of halogens is 1. The molecule has 1 fully saturated rings. The van der Waals surface area contributed by atoms with Crippen LogP contribution >= 0.6 is 0 Å². The first-order chi connectivity index (χ1) is 8.97. The quantitative estimate of drug-likeness (QED) is 0.835. The number of nitrogens with zero attached hydrogens (tertiary/aromatic N) is 2. The minimum atomic E-state index is -3.40. The summed E-state index contributed by atoms with van der Waals surface area (Å²) in [5, 5.41) is 4.27. The normalized spacial score (nSPS) is 26.4. The maximum atomic E-state index is 13.0. The molecule has 2 aliphatic rings. The van der Waals surface area contributed by atoms with Crippen molar-refractivity contribution in [3.63, 3.8) is 0 Å². The number of hydrazone groups is 1. The Morgan fingerprint density at radius 3 is 2.63 bits per heavy atom. The van der Waals surface area contributed by atoms with Crippen LogP contribution in [0, 0.1) is 11.7 Å². The summed E-state index contributed by atoms with van der Waals surface area (Å²) in [6.07, 6.45) is 3.99. The van der Waals surface area contributed by atoms with Gasteiger partial charge in [-0.1, -0.05) is 12.1 Å². The fraction of sp³-hybridized carbons (Fsp3) is 0.462. The van der Waals surface area contributed by atoms with E-state index in [1.54, 1.807) is 12.1 Å². The highest BCUT2D eigenvalue weighted by Crippen LogP contribution is 2.44. The van der Waals surface area contributed by atoms with E-state index in [0.717, 1.165) is 36.8 Å². The summed E-state index contributed by atoms with van der Waals surface area (Å²) in [5.41, 5.74) is 1.76. The van der Waals surface area contributed by atoms with E-state index in [1.165, 1.54) is 16.5 Å². The van der Waals surface area contributed by atoms with Gasteiger partial charge in [-0.05, 0) is 37.0 Å². The standard InChI is InChI=1S/C13H15FN2O2S/c1-19(17,18)16-13(9-5-7-10(14)8-6-9)11-3-2-4-12(11)15-16/h5-8,11,13H,2-4H2,1H3. The van der Waals surface area contributed by atoms with Gasteiger partial charge in [-0.2, -0.15) is 9.52 Å². The summed E-state index contributed by atoms with van der Waals surface area (Å²) >= 11 is 0. The lowest BCUT2D eigenvalue weighted by Crippen LogP contribution is -2.29. The zero-order chi connectivity index (χ0) is 13.6. The van der Waals surface area contributed by atoms with Crippen LogP contribution in [0.5, 0.6) is 0 Å². The van der Waals surface area contributed by atoms with Crippen molar-refractivity contribution >= 4 is 15.7 Å². The molecule has 0 spiro atoms. The lowest BCUT2D eigenvalue weighted by atomic mass is 9.92. The molecule has 0 saturated heterocycles. The molecule has 0 radical (unpaired) electrons. The molecule has 1 saturated carbocycles. The zero-order valence-electron chi connectivity index (χ0n) is 10.6. The van der Waals surface area contributed by atoms with Crippen LogP contribution < -0.4 is 0 Å². The second kappa shape index (κ2) is 4.30. The van der Waals surface area contributed by atoms with Crippen LogP contribution in [0.4, 0.5) is 4.39 Å². The molecular weight excluding hydrogens is 267 g/mol. The van der Waals surface area contributed by atoms with E-state index in [0.29, 0.717) is 0 Å². The summed E-state index contributed by atoms with van der Waals surface area (Å²) in [5.74, 6) is -0.180. The van der Waals surface area contributed by atoms with Crippen molar-refractivity contribution < 1.29 is 12.8 Å². The Balaban J connectivity index is 2.04. The number of sulfonamides is 1. The van der Waals surface area contributed by atoms with Crippen LogP contribution in [0.25, 0.3) is 0 Å². The summed E-state index contributed by atoms with van der Waals surface area (Å²) in [6.45, 7) is 0. The van der Waals surface area contributed by atoms with E-state index < -0.39 is 10.0 Å². The molecule has 19 heavy (non-hydrogen) atoms. The van der Waals surface area contributed by atoms with Crippen molar-refractivity contribution in [1.29, 1.82) is 0 Å². The summed E-state index contributed by atoms with van der Waals surface area (Å²) in [7, 11) is -3.40. The highest BCUT2D eigenvalue weighted by atomic mass is 32.2. The van der Waals surface area contributed by atoms with Gasteiger partial charge in [0.15, 0.2) is 0 Å². The molecule has 0 aromatic heterocycles. The van der Waals surface area contributed by atoms with E-state index in [4.69, 9.17) is 0 Å². The van der Waals surface area contributed by atoms with Gasteiger partial charge in [0.25, 0.3) is 0 Å². The van der Waals surface area contributed by atoms with Gasteiger partial charge in [-0.3, -0.25) is 0 Å². The molecule has 1 aromatic rings. The molecule has 3 rings (SSSR count). The largest absolute Gasteiger partial charge is 0.247 e. The molecule has 1 aromatic carbocycles. The average Bonchev–Trinajstić information content (AvgIpc) is 2.89. The van der Waals surface area contributed by atoms with Gasteiger partial charge in [0.1, 0.15) is 5.82 Å². The third kappa shape index (κ3) is 2.14. The van der Waals surface area contributed by atoms with E-state index >= 15 is 0 Å². The molecule has 6 heteroatoms. The summed E-state index contributed by atoms with van der Waals surface area (Å²) in [4.78, 5) is 0. The van der Waals surface area contributed by atoms with E-state index in [2.05, 4.69) is 5.10 Å². The molecule has 102 valence electrons. The van der Waals surface area contributed by atoms with E-state index in [-0.39, 0.29) is 17.8 Å². The van der Waals surface area contributed by atoms with Gasteiger partial charge in [-0.25, -0.2) is 12.8 Å². The highest BCUT2D eigenvalue weighted by Gasteiger charge is 2.44. The van der Waals surface area contributed by atoms with E-state index in [9.17, 15) is 12.8 Å². The van der Waals surface area contributed by atoms with Gasteiger partial charge in [0.2, 0.25) is 10.0 Å². The van der Waals surface area contributed by atoms with Crippen molar-refractivity contribution in [2.45, 2.75) is 25.3 Å². The van der Waals surface area contributed by atoms with Crippen LogP contribution in [0.3, 0.4) is 0 Å². The molecule has 2 atom stereocenters. The van der Waals surface area contributed by atoms with Gasteiger partial charge in [-0.15, -0.1) is 0 Å². The predicted molar refractivity (Wildman–Crippen MR) is 70.6 cm³/mol. The van der Waals surface area contributed by atoms with Gasteiger partial charge in [0.05, 0.1) is 12.3 Å². The Hall–Kier alpha value is -1.43. The molecule has 2 unspecified atom stereocenters. The Morgan fingerprint density at radius 2 is 2.00 bits per heavy atom. The van der Waals surface area contributed by atoms with Crippen molar-refractivity contribution in [1.82, 2.24) is 4.41 Å². The minimum Gasteiger partial charge on any atom is -0.207 e. The van der Waals surface area contributed by atoms with Crippen LogP contribution in [0.1, 0.15) is 30.9 Å². The van der Waals surface area contributed by atoms with Gasteiger partial charge >= 0.3 is 0 Å². The smallest absolute Gasteiger partial charge is 0.207 e. The first-order valence-corrected chi connectivity index (χ1v) is 8.14. The molecule has 1 heterocycles. The van der Waals surface area contributed by atoms with Crippen molar-refractivity contribution in [3.8, 4) is 0 Å². The van der Waals surface area contributed by atoms with Crippen LogP contribution in [0.15, 0.2) is 29.4 Å². The minimum absolute atomic E-state index is 0.139. The highest BCUT2D eigenvalue weighted by molar-refractivity contribution is 7.88. The van der Waals surface area contributed by atoms with E-state index in [1.807, 2.05) is 0 Å². The Morgan fingerprint density at radius 1 is 1.32 bits per heavy atom. The third-order valence-corrected chi connectivity index (χ3v) is 4.76. The first-order valence-electron chi connectivity index (χ1n) is 6.29. The van der Waals surface area contributed by atoms with Crippen LogP contribution in [-0.2, 0) is 10.0 Å². The summed E-state index contributed by atoms with van der Waals surface area (Å²) < 4.78 is 37.9. The first kappa shape index (κ1) is 12.6. The lowest BCUT2D eigenvalue weighted by molar-refractivity contribution is 0.320. The Kier molecular flexibility index (Phi) is 2.85. The van der Waals surface area contributed by atoms with Gasteiger partial charge in [0, 0.05) is 11.6 Å². The fourth-order valence-electron chi connectivity index (χ4n) is 2.96. The predicted octanol–water partition coefficient (Wildman–Crippen LogP) is 2.30. The lowest BCUT2D eigenvalue weighted by Gasteiger charge is -2.25. The maximum absolute atomic E-state index is 13.0. The number of rotatable bonds is 2. The van der Waals surface area contributed by atoms with Gasteiger partial charge < -0.3 is 0 Å². The Bertz CT molecular complexity index is 625. The molecule has 0 amide bonds. The molecule has 0 N–H and O–H groups in total. The average molecular weight is 282 g/mol. The molecule has 1 aliphatic heterocycles. The maximum Gasteiger partial charge on any atom is 0.247 e. The molecule has 0 bridgehead atoms. The number of fused-ring (bicyclic) bond motifs is 1. The fourth-order valence-corrected chi connectivity index (χ4v) is 3.90. The second-order valence-corrected chi connectivity index (χ2v) is 6.96. The van der Waals surface area contributed by atoms with Crippen molar-refractivity contribution in [2.24, 2.45) is 11.0 Å². The molecular formula is C13H15FN2O2S. The topological polar surface area (TPSA) is 49.7 Å². The molecule has 1 aliphatic carbocycles. The summed E-state index contributed by atoms with van der Waals surface area (Å²) in [6, 6.07) is 5.71. The SMILES string of the molecule is CS(=O)(=O)N1N=C2CCCC2C1c1ccc(F)cc1. The third-order valence-electron chi connectivity index (χ3n) is 3.77. The Labute approximate surface area is 112 Å². The molecule has 4 nitrogen and oxygen atoms in total. The van der Waals surface area contributed by atoms with Crippen LogP contribution in [0.2, 0.25) is 0 Å². The monoisotopic (exact) mass is 282 g/mol. The number of hydrogen-bond donors (Lipinski definition) is 0. The number of hydrogen-bond acceptors (Lipinski definition) is 3.